The zero-order chi connectivity index (χ0) is 36.4. The zero-order valence-electron chi connectivity index (χ0n) is 30.8. The van der Waals surface area contributed by atoms with Gasteiger partial charge in [0.25, 0.3) is 0 Å². The minimum absolute atomic E-state index is 0.0262. The molecule has 3 aliphatic rings. The Kier molecular flexibility index (Phi) is 16.8. The van der Waals surface area contributed by atoms with Crippen LogP contribution in [-0.2, 0) is 38.0 Å². The summed E-state index contributed by atoms with van der Waals surface area (Å²) in [5.74, 6) is -1.35. The third-order valence-electron chi connectivity index (χ3n) is 10.1. The van der Waals surface area contributed by atoms with E-state index in [1.807, 2.05) is 45.3 Å². The summed E-state index contributed by atoms with van der Waals surface area (Å²) in [6.07, 6.45) is 1.58. The molecule has 3 rings (SSSR count). The molecule has 49 heavy (non-hydrogen) atoms. The molecule has 13 heteroatoms. The van der Waals surface area contributed by atoms with E-state index in [1.54, 1.807) is 32.8 Å². The van der Waals surface area contributed by atoms with E-state index in [-0.39, 0.29) is 30.9 Å². The van der Waals surface area contributed by atoms with Crippen molar-refractivity contribution in [3.05, 3.63) is 24.3 Å². The van der Waals surface area contributed by atoms with Gasteiger partial charge in [-0.15, -0.1) is 0 Å². The van der Waals surface area contributed by atoms with Crippen molar-refractivity contribution in [2.45, 2.75) is 146 Å². The van der Waals surface area contributed by atoms with Crippen LogP contribution in [0, 0.1) is 11.8 Å². The monoisotopic (exact) mass is 698 g/mol. The molecule has 0 aromatic carbocycles. The molecule has 1 unspecified atom stereocenters. The molecule has 3 N–H and O–H groups in total. The van der Waals surface area contributed by atoms with Gasteiger partial charge in [-0.3, -0.25) is 4.79 Å². The number of rotatable bonds is 9. The van der Waals surface area contributed by atoms with Gasteiger partial charge in [-0.1, -0.05) is 31.2 Å². The molecule has 0 aliphatic carbocycles. The predicted octanol–water partition coefficient (Wildman–Crippen LogP) is 2.05. The lowest BCUT2D eigenvalue weighted by Gasteiger charge is -2.46. The van der Waals surface area contributed by atoms with Crippen LogP contribution in [-0.4, -0.2) is 152 Å². The first-order valence-corrected chi connectivity index (χ1v) is 17.7. The van der Waals surface area contributed by atoms with E-state index in [9.17, 15) is 24.9 Å². The SMILES string of the molecule is CO[C@@H]1[C@@H](O[C@@H]2O[C@H](C)[C@@H](O)[C@H](N(C)C)[C@H]2O)[C@@H](CC=O)C[C@@H](C)[C@@H](OC2CC[C@H](N(C)C)[C@@H](C)O2)C=CC=CC[C@@H](C)OC(=O)C[C@H]1O. The largest absolute Gasteiger partial charge is 0.462 e. The highest BCUT2D eigenvalue weighted by Gasteiger charge is 2.48. The Morgan fingerprint density at radius 3 is 2.24 bits per heavy atom. The number of carbonyl (C=O) groups excluding carboxylic acids is 2. The number of aliphatic hydroxyl groups is 3. The Hall–Kier alpha value is -1.78. The molecule has 0 aromatic heterocycles. The van der Waals surface area contributed by atoms with Crippen molar-refractivity contribution in [1.29, 1.82) is 0 Å². The van der Waals surface area contributed by atoms with Gasteiger partial charge in [0, 0.05) is 26.0 Å². The molecular weight excluding hydrogens is 636 g/mol. The summed E-state index contributed by atoms with van der Waals surface area (Å²) in [7, 11) is 8.97. The molecule has 0 spiro atoms. The first-order chi connectivity index (χ1) is 23.2. The van der Waals surface area contributed by atoms with Crippen LogP contribution in [0.2, 0.25) is 0 Å². The van der Waals surface area contributed by atoms with Crippen molar-refractivity contribution in [2.75, 3.05) is 35.3 Å². The number of methoxy groups -OCH3 is 1. The third-order valence-corrected chi connectivity index (χ3v) is 10.1. The van der Waals surface area contributed by atoms with E-state index < -0.39 is 79.3 Å². The number of hydrogen-bond donors (Lipinski definition) is 3. The molecule has 3 aliphatic heterocycles. The molecule has 0 bridgehead atoms. The zero-order valence-corrected chi connectivity index (χ0v) is 30.8. The Labute approximate surface area is 292 Å². The van der Waals surface area contributed by atoms with Crippen molar-refractivity contribution in [2.24, 2.45) is 11.8 Å². The van der Waals surface area contributed by atoms with E-state index in [2.05, 4.69) is 11.8 Å². The summed E-state index contributed by atoms with van der Waals surface area (Å²) in [4.78, 5) is 29.0. The van der Waals surface area contributed by atoms with Crippen LogP contribution in [0.15, 0.2) is 24.3 Å². The lowest BCUT2D eigenvalue weighted by molar-refractivity contribution is -0.309. The average molecular weight is 699 g/mol. The van der Waals surface area contributed by atoms with Gasteiger partial charge in [-0.05, 0) is 80.1 Å². The molecule has 2 saturated heterocycles. The van der Waals surface area contributed by atoms with E-state index in [4.69, 9.17) is 28.4 Å². The first kappa shape index (κ1) is 41.6. The fourth-order valence-electron chi connectivity index (χ4n) is 7.35. The molecule has 13 nitrogen and oxygen atoms in total. The number of allylic oxidation sites excluding steroid dienone is 2. The van der Waals surface area contributed by atoms with Gasteiger partial charge >= 0.3 is 5.97 Å². The Morgan fingerprint density at radius 2 is 1.63 bits per heavy atom. The van der Waals surface area contributed by atoms with Gasteiger partial charge in [-0.2, -0.15) is 0 Å². The highest BCUT2D eigenvalue weighted by Crippen LogP contribution is 2.34. The lowest BCUT2D eigenvalue weighted by atomic mass is 9.82. The highest BCUT2D eigenvalue weighted by atomic mass is 16.7. The topological polar surface area (TPSA) is 157 Å². The predicted molar refractivity (Wildman–Crippen MR) is 182 cm³/mol. The Balaban J connectivity index is 2.00. The standard InChI is InChI=1S/C36H62N2O11/c1-21-19-25(17-18-39)34(49-36-33(43)31(38(7)8)32(42)24(4)47-36)35(44-9)27(40)20-29(41)45-22(2)13-11-10-12-14-28(21)48-30-16-15-26(37(5)6)23(3)46-30/h10-12,14,18,21-28,30-36,40,42-43H,13,15-17,19-20H2,1-9H3/t21-,22-,23-,24-,25+,26+,27-,28+,30?,31+,32-,33-,34+,35+,36+/m1/s1. The van der Waals surface area contributed by atoms with Crippen LogP contribution in [0.5, 0.6) is 0 Å². The maximum atomic E-state index is 12.9. The summed E-state index contributed by atoms with van der Waals surface area (Å²) < 4.78 is 36.8. The number of hydrogen-bond acceptors (Lipinski definition) is 13. The van der Waals surface area contributed by atoms with Crippen molar-refractivity contribution >= 4 is 12.3 Å². The summed E-state index contributed by atoms with van der Waals surface area (Å²) in [5, 5.41) is 33.6. The van der Waals surface area contributed by atoms with Crippen molar-refractivity contribution in [3.8, 4) is 0 Å². The van der Waals surface area contributed by atoms with E-state index in [0.717, 1.165) is 19.1 Å². The second-order valence-corrected chi connectivity index (χ2v) is 14.4. The van der Waals surface area contributed by atoms with Crippen molar-refractivity contribution in [1.82, 2.24) is 9.80 Å². The number of cyclic esters (lactones) is 1. The summed E-state index contributed by atoms with van der Waals surface area (Å²) in [6, 6.07) is -0.434. The maximum Gasteiger partial charge on any atom is 0.308 e. The molecule has 0 radical (unpaired) electrons. The quantitative estimate of drug-likeness (QED) is 0.238. The third kappa shape index (κ3) is 11.6. The van der Waals surface area contributed by atoms with Gasteiger partial charge in [0.1, 0.15) is 24.6 Å². The lowest BCUT2D eigenvalue weighted by Crippen LogP contribution is -2.63. The van der Waals surface area contributed by atoms with Crippen LogP contribution < -0.4 is 0 Å². The van der Waals surface area contributed by atoms with Gasteiger partial charge in [0.05, 0.1) is 49.1 Å². The van der Waals surface area contributed by atoms with Crippen LogP contribution in [0.4, 0.5) is 0 Å². The minimum atomic E-state index is -1.37. The summed E-state index contributed by atoms with van der Waals surface area (Å²) >= 11 is 0. The Morgan fingerprint density at radius 1 is 0.918 bits per heavy atom. The highest BCUT2D eigenvalue weighted by molar-refractivity contribution is 5.70. The maximum absolute atomic E-state index is 12.9. The van der Waals surface area contributed by atoms with Crippen LogP contribution >= 0.6 is 0 Å². The minimum Gasteiger partial charge on any atom is -0.462 e. The van der Waals surface area contributed by atoms with Crippen molar-refractivity contribution in [3.63, 3.8) is 0 Å². The fourth-order valence-corrected chi connectivity index (χ4v) is 7.35. The van der Waals surface area contributed by atoms with Gasteiger partial charge in [0.15, 0.2) is 12.6 Å². The first-order valence-electron chi connectivity index (χ1n) is 17.7. The van der Waals surface area contributed by atoms with Gasteiger partial charge in [-0.25, -0.2) is 0 Å². The number of carbonyl (C=O) groups is 2. The Bertz CT molecular complexity index is 1070. The molecule has 3 heterocycles. The van der Waals surface area contributed by atoms with E-state index >= 15 is 0 Å². The van der Waals surface area contributed by atoms with E-state index in [1.165, 1.54) is 7.11 Å². The molecule has 0 saturated carbocycles. The van der Waals surface area contributed by atoms with Crippen molar-refractivity contribution < 1.29 is 53.3 Å². The molecule has 0 aromatic rings. The fraction of sp³-hybridized carbons (Fsp3) is 0.833. The molecule has 0 amide bonds. The molecule has 282 valence electrons. The number of esters is 1. The second kappa shape index (κ2) is 19.7. The number of aldehydes is 1. The number of aliphatic hydroxyl groups excluding tert-OH is 3. The number of ether oxygens (including phenoxy) is 6. The number of nitrogens with zero attached hydrogens (tertiary/aromatic N) is 2. The normalized spacial score (nSPS) is 41.9. The van der Waals surface area contributed by atoms with Gasteiger partial charge < -0.3 is 58.3 Å². The molecule has 15 atom stereocenters. The second-order valence-electron chi connectivity index (χ2n) is 14.4. The average Bonchev–Trinajstić information content (AvgIpc) is 3.01. The summed E-state index contributed by atoms with van der Waals surface area (Å²) in [5.41, 5.74) is 0. The molecular formula is C36H62N2O11. The van der Waals surface area contributed by atoms with Crippen LogP contribution in [0.25, 0.3) is 0 Å². The van der Waals surface area contributed by atoms with Gasteiger partial charge in [0.2, 0.25) is 0 Å². The molecule has 2 fully saturated rings. The summed E-state index contributed by atoms with van der Waals surface area (Å²) in [6.45, 7) is 7.53. The van der Waals surface area contributed by atoms with Crippen LogP contribution in [0.3, 0.4) is 0 Å². The van der Waals surface area contributed by atoms with Crippen LogP contribution in [0.1, 0.15) is 66.2 Å². The number of likely N-dealkylation sites (N-methyl/N-ethyl adjacent to an activating group) is 2. The smallest absolute Gasteiger partial charge is 0.308 e. The van der Waals surface area contributed by atoms with E-state index in [0.29, 0.717) is 12.8 Å².